The molecule has 1 saturated heterocycles. The Labute approximate surface area is 171 Å². The monoisotopic (exact) mass is 417 g/mol. The number of hydrogen-bond acceptors (Lipinski definition) is 4. The SMILES string of the molecule is Cc1nn(C)c(C)c1NC(=O)CN1CCNCC1c1cccc(F)c1.Cl.Cl. The fourth-order valence-corrected chi connectivity index (χ4v) is 3.30. The van der Waals surface area contributed by atoms with E-state index in [2.05, 4.69) is 20.6 Å². The topological polar surface area (TPSA) is 62.2 Å². The van der Waals surface area contributed by atoms with E-state index in [1.165, 1.54) is 12.1 Å². The van der Waals surface area contributed by atoms with Crippen molar-refractivity contribution in [1.82, 2.24) is 20.0 Å². The molecule has 2 aromatic rings. The van der Waals surface area contributed by atoms with Crippen molar-refractivity contribution in [2.45, 2.75) is 19.9 Å². The van der Waals surface area contributed by atoms with E-state index >= 15 is 0 Å². The number of nitrogens with zero attached hydrogens (tertiary/aromatic N) is 3. The molecule has 0 aliphatic carbocycles. The molecule has 3 rings (SSSR count). The predicted octanol–water partition coefficient (Wildman–Crippen LogP) is 2.60. The highest BCUT2D eigenvalue weighted by Gasteiger charge is 2.26. The summed E-state index contributed by atoms with van der Waals surface area (Å²) in [6, 6.07) is 6.57. The van der Waals surface area contributed by atoms with Crippen LogP contribution in [-0.4, -0.2) is 46.8 Å². The van der Waals surface area contributed by atoms with Crippen molar-refractivity contribution >= 4 is 36.4 Å². The van der Waals surface area contributed by atoms with Crippen molar-refractivity contribution in [3.8, 4) is 0 Å². The van der Waals surface area contributed by atoms with Gasteiger partial charge in [0.05, 0.1) is 23.6 Å². The number of aromatic nitrogens is 2. The quantitative estimate of drug-likeness (QED) is 0.802. The van der Waals surface area contributed by atoms with Gasteiger partial charge in [-0.2, -0.15) is 5.10 Å². The number of aryl methyl sites for hydroxylation is 2. The van der Waals surface area contributed by atoms with E-state index in [0.717, 1.165) is 35.7 Å². The maximum atomic E-state index is 13.6. The Morgan fingerprint density at radius 3 is 2.74 bits per heavy atom. The molecule has 1 atom stereocenters. The molecule has 1 fully saturated rings. The smallest absolute Gasteiger partial charge is 0.238 e. The number of amides is 1. The highest BCUT2D eigenvalue weighted by molar-refractivity contribution is 5.93. The summed E-state index contributed by atoms with van der Waals surface area (Å²) in [5.74, 6) is -0.336. The number of benzene rings is 1. The Morgan fingerprint density at radius 2 is 2.11 bits per heavy atom. The lowest BCUT2D eigenvalue weighted by Gasteiger charge is -2.36. The summed E-state index contributed by atoms with van der Waals surface area (Å²) >= 11 is 0. The molecule has 2 N–H and O–H groups in total. The van der Waals surface area contributed by atoms with Gasteiger partial charge in [0.2, 0.25) is 5.91 Å². The van der Waals surface area contributed by atoms with Crippen molar-refractivity contribution in [3.05, 3.63) is 47.0 Å². The van der Waals surface area contributed by atoms with E-state index < -0.39 is 0 Å². The Hall–Kier alpha value is -1.67. The number of halogens is 3. The second-order valence-electron chi connectivity index (χ2n) is 6.46. The van der Waals surface area contributed by atoms with Crippen LogP contribution in [0.4, 0.5) is 10.1 Å². The summed E-state index contributed by atoms with van der Waals surface area (Å²) in [4.78, 5) is 14.6. The summed E-state index contributed by atoms with van der Waals surface area (Å²) in [7, 11) is 1.86. The first-order valence-electron chi connectivity index (χ1n) is 8.46. The van der Waals surface area contributed by atoms with Gasteiger partial charge in [-0.05, 0) is 31.5 Å². The van der Waals surface area contributed by atoms with Crippen LogP contribution in [0.15, 0.2) is 24.3 Å². The number of nitrogens with one attached hydrogen (secondary N) is 2. The van der Waals surface area contributed by atoms with Gasteiger partial charge in [0.15, 0.2) is 0 Å². The van der Waals surface area contributed by atoms with E-state index in [4.69, 9.17) is 0 Å². The molecule has 1 aliphatic heterocycles. The molecule has 1 unspecified atom stereocenters. The number of anilines is 1. The molecule has 0 spiro atoms. The molecule has 150 valence electrons. The van der Waals surface area contributed by atoms with Gasteiger partial charge < -0.3 is 10.6 Å². The zero-order chi connectivity index (χ0) is 18.0. The molecule has 2 heterocycles. The fraction of sp³-hybridized carbons (Fsp3) is 0.444. The number of carbonyl (C=O) groups excluding carboxylic acids is 1. The summed E-state index contributed by atoms with van der Waals surface area (Å²) in [5, 5.41) is 10.6. The van der Waals surface area contributed by atoms with Gasteiger partial charge in [0.25, 0.3) is 0 Å². The summed E-state index contributed by atoms with van der Waals surface area (Å²) < 4.78 is 15.3. The van der Waals surface area contributed by atoms with Gasteiger partial charge in [-0.3, -0.25) is 14.4 Å². The standard InChI is InChI=1S/C18H24FN5O.2ClH/c1-12-18(13(2)23(3)22-12)21-17(25)11-24-8-7-20-10-16(24)14-5-4-6-15(19)9-14;;/h4-6,9,16,20H,7-8,10-11H2,1-3H3,(H,21,25);2*1H. The van der Waals surface area contributed by atoms with Crippen molar-refractivity contribution in [3.63, 3.8) is 0 Å². The molecule has 1 aromatic carbocycles. The minimum atomic E-state index is -0.255. The van der Waals surface area contributed by atoms with Gasteiger partial charge >= 0.3 is 0 Å². The average Bonchev–Trinajstić information content (AvgIpc) is 2.81. The summed E-state index contributed by atoms with van der Waals surface area (Å²) in [6.45, 7) is 6.31. The number of hydrogen-bond donors (Lipinski definition) is 2. The largest absolute Gasteiger partial charge is 0.322 e. The molecule has 9 heteroatoms. The number of carbonyl (C=O) groups is 1. The van der Waals surface area contributed by atoms with E-state index in [9.17, 15) is 9.18 Å². The second kappa shape index (κ2) is 10.0. The predicted molar refractivity (Wildman–Crippen MR) is 109 cm³/mol. The third-order valence-corrected chi connectivity index (χ3v) is 4.71. The third kappa shape index (κ3) is 5.42. The lowest BCUT2D eigenvalue weighted by Crippen LogP contribution is -2.48. The van der Waals surface area contributed by atoms with Crippen molar-refractivity contribution in [2.24, 2.45) is 7.05 Å². The van der Waals surface area contributed by atoms with Gasteiger partial charge in [-0.25, -0.2) is 4.39 Å². The van der Waals surface area contributed by atoms with Crippen LogP contribution in [0, 0.1) is 19.7 Å². The zero-order valence-electron chi connectivity index (χ0n) is 15.7. The van der Waals surface area contributed by atoms with E-state index in [-0.39, 0.29) is 49.1 Å². The first kappa shape index (κ1) is 23.4. The third-order valence-electron chi connectivity index (χ3n) is 4.71. The maximum Gasteiger partial charge on any atom is 0.238 e. The molecule has 0 saturated carbocycles. The first-order valence-corrected chi connectivity index (χ1v) is 8.46. The van der Waals surface area contributed by atoms with Crippen LogP contribution in [0.25, 0.3) is 0 Å². The van der Waals surface area contributed by atoms with Crippen molar-refractivity contribution in [1.29, 1.82) is 0 Å². The van der Waals surface area contributed by atoms with Crippen molar-refractivity contribution in [2.75, 3.05) is 31.5 Å². The fourth-order valence-electron chi connectivity index (χ4n) is 3.30. The van der Waals surface area contributed by atoms with E-state index in [1.807, 2.05) is 27.0 Å². The minimum absolute atomic E-state index is 0. The highest BCUT2D eigenvalue weighted by Crippen LogP contribution is 2.23. The molecule has 1 aromatic heterocycles. The highest BCUT2D eigenvalue weighted by atomic mass is 35.5. The lowest BCUT2D eigenvalue weighted by atomic mass is 10.0. The van der Waals surface area contributed by atoms with Crippen LogP contribution in [0.5, 0.6) is 0 Å². The minimum Gasteiger partial charge on any atom is -0.322 e. The molecule has 27 heavy (non-hydrogen) atoms. The van der Waals surface area contributed by atoms with Crippen LogP contribution in [0.2, 0.25) is 0 Å². The van der Waals surface area contributed by atoms with Gasteiger partial charge in [-0.15, -0.1) is 24.8 Å². The molecule has 1 aliphatic rings. The molecular weight excluding hydrogens is 392 g/mol. The summed E-state index contributed by atoms with van der Waals surface area (Å²) in [6.07, 6.45) is 0. The van der Waals surface area contributed by atoms with Gasteiger partial charge in [0, 0.05) is 32.7 Å². The maximum absolute atomic E-state index is 13.6. The lowest BCUT2D eigenvalue weighted by molar-refractivity contribution is -0.118. The first-order chi connectivity index (χ1) is 12.0. The summed E-state index contributed by atoms with van der Waals surface area (Å²) in [5.41, 5.74) is 3.38. The van der Waals surface area contributed by atoms with Gasteiger partial charge in [0.1, 0.15) is 5.82 Å². The van der Waals surface area contributed by atoms with Crippen LogP contribution in [0.1, 0.15) is 23.0 Å². The zero-order valence-corrected chi connectivity index (χ0v) is 17.3. The molecule has 0 bridgehead atoms. The molecule has 6 nitrogen and oxygen atoms in total. The normalized spacial score (nSPS) is 17.0. The average molecular weight is 418 g/mol. The molecular formula is C18H26Cl2FN5O. The van der Waals surface area contributed by atoms with Crippen LogP contribution < -0.4 is 10.6 Å². The Balaban J connectivity index is 0.00000182. The van der Waals surface area contributed by atoms with Crippen molar-refractivity contribution < 1.29 is 9.18 Å². The molecule has 0 radical (unpaired) electrons. The Morgan fingerprint density at radius 1 is 1.37 bits per heavy atom. The molecule has 1 amide bonds. The van der Waals surface area contributed by atoms with Gasteiger partial charge in [-0.1, -0.05) is 12.1 Å². The van der Waals surface area contributed by atoms with Crippen LogP contribution in [0.3, 0.4) is 0 Å². The Kier molecular flexibility index (Phi) is 8.68. The second-order valence-corrected chi connectivity index (χ2v) is 6.46. The van der Waals surface area contributed by atoms with E-state index in [0.29, 0.717) is 6.54 Å². The number of rotatable bonds is 4. The van der Waals surface area contributed by atoms with Crippen LogP contribution in [-0.2, 0) is 11.8 Å². The van der Waals surface area contributed by atoms with E-state index in [1.54, 1.807) is 10.7 Å². The Bertz CT molecular complexity index is 783. The van der Waals surface area contributed by atoms with Crippen LogP contribution >= 0.6 is 24.8 Å². The number of piperazine rings is 1.